The maximum absolute atomic E-state index is 13.2. The molecule has 4 rings (SSSR count). The number of para-hydroxylation sites is 1. The van der Waals surface area contributed by atoms with E-state index in [9.17, 15) is 14.7 Å². The van der Waals surface area contributed by atoms with Crippen molar-refractivity contribution in [3.05, 3.63) is 89.3 Å². The molecule has 1 aliphatic rings. The van der Waals surface area contributed by atoms with Crippen LogP contribution in [0.25, 0.3) is 11.4 Å². The van der Waals surface area contributed by atoms with Gasteiger partial charge in [0.2, 0.25) is 0 Å². The van der Waals surface area contributed by atoms with Crippen molar-refractivity contribution in [2.24, 2.45) is 0 Å². The van der Waals surface area contributed by atoms with E-state index in [0.29, 0.717) is 24.3 Å². The fraction of sp³-hybridized carbons (Fsp3) is 0.296. The highest BCUT2D eigenvalue weighted by Gasteiger charge is 2.46. The van der Waals surface area contributed by atoms with E-state index in [-0.39, 0.29) is 11.3 Å². The Morgan fingerprint density at radius 2 is 1.62 bits per heavy atom. The molecular weight excluding hydrogens is 428 g/mol. The second-order valence-corrected chi connectivity index (χ2v) is 8.32. The van der Waals surface area contributed by atoms with E-state index in [2.05, 4.69) is 23.8 Å². The summed E-state index contributed by atoms with van der Waals surface area (Å²) in [5.41, 5.74) is 2.86. The topological polar surface area (TPSA) is 78.7 Å². The van der Waals surface area contributed by atoms with E-state index in [4.69, 9.17) is 0 Å². The Kier molecular flexibility index (Phi) is 6.93. The number of benzene rings is 2. The first-order valence-corrected chi connectivity index (χ1v) is 11.6. The van der Waals surface area contributed by atoms with Crippen LogP contribution in [0.3, 0.4) is 0 Å². The van der Waals surface area contributed by atoms with E-state index in [1.165, 1.54) is 0 Å². The highest BCUT2D eigenvalue weighted by Crippen LogP contribution is 2.39. The zero-order valence-electron chi connectivity index (χ0n) is 19.8. The van der Waals surface area contributed by atoms with Crippen molar-refractivity contribution in [2.75, 3.05) is 26.2 Å². The predicted octanol–water partition coefficient (Wildman–Crippen LogP) is 3.94. The summed E-state index contributed by atoms with van der Waals surface area (Å²) in [5.74, 6) is -1.45. The number of carbonyl (C=O) groups excluding carboxylic acids is 2. The Morgan fingerprint density at radius 3 is 2.24 bits per heavy atom. The minimum atomic E-state index is -0.669. The summed E-state index contributed by atoms with van der Waals surface area (Å²) < 4.78 is 1.71. The number of aliphatic hydroxyl groups excluding tert-OH is 1. The maximum atomic E-state index is 13.2. The van der Waals surface area contributed by atoms with Gasteiger partial charge in [0, 0.05) is 13.1 Å². The van der Waals surface area contributed by atoms with Gasteiger partial charge in [-0.1, -0.05) is 62.4 Å². The van der Waals surface area contributed by atoms with Crippen molar-refractivity contribution in [1.82, 2.24) is 19.6 Å². The lowest BCUT2D eigenvalue weighted by Gasteiger charge is -2.28. The molecule has 1 saturated heterocycles. The molecule has 1 atom stereocenters. The fourth-order valence-corrected chi connectivity index (χ4v) is 4.50. The lowest BCUT2D eigenvalue weighted by atomic mass is 9.95. The molecule has 7 nitrogen and oxygen atoms in total. The predicted molar refractivity (Wildman–Crippen MR) is 132 cm³/mol. The number of nitrogens with zero attached hydrogens (tertiary/aromatic N) is 4. The van der Waals surface area contributed by atoms with Gasteiger partial charge < -0.3 is 14.9 Å². The van der Waals surface area contributed by atoms with Crippen LogP contribution in [0.4, 0.5) is 0 Å². The van der Waals surface area contributed by atoms with Gasteiger partial charge in [0.15, 0.2) is 0 Å². The molecule has 3 aromatic rings. The van der Waals surface area contributed by atoms with Crippen LogP contribution in [0.5, 0.6) is 0 Å². The third-order valence-corrected chi connectivity index (χ3v) is 6.47. The zero-order valence-corrected chi connectivity index (χ0v) is 19.8. The molecule has 2 heterocycles. The Balaban J connectivity index is 1.79. The van der Waals surface area contributed by atoms with Gasteiger partial charge in [-0.3, -0.25) is 9.59 Å². The normalized spacial score (nSPS) is 17.6. The molecule has 0 radical (unpaired) electrons. The Hall–Kier alpha value is -3.71. The van der Waals surface area contributed by atoms with Crippen LogP contribution in [0.2, 0.25) is 0 Å². The van der Waals surface area contributed by atoms with E-state index in [0.717, 1.165) is 24.3 Å². The number of rotatable bonds is 8. The molecule has 1 aliphatic heterocycles. The average molecular weight is 459 g/mol. The average Bonchev–Trinajstić information content (AvgIpc) is 3.38. The first-order valence-electron chi connectivity index (χ1n) is 11.6. The van der Waals surface area contributed by atoms with Gasteiger partial charge in [0.1, 0.15) is 5.76 Å². The van der Waals surface area contributed by atoms with Crippen molar-refractivity contribution in [3.8, 4) is 5.69 Å². The summed E-state index contributed by atoms with van der Waals surface area (Å²) in [5, 5.41) is 15.8. The summed E-state index contributed by atoms with van der Waals surface area (Å²) in [6.45, 7) is 8.73. The second-order valence-electron chi connectivity index (χ2n) is 8.32. The molecule has 1 fully saturated rings. The summed E-state index contributed by atoms with van der Waals surface area (Å²) >= 11 is 0. The number of Topliss-reactive ketones (excluding diaryl/α,β-unsaturated/α-hetero) is 1. The number of likely N-dealkylation sites (N-methyl/N-ethyl adjacent to an activating group) is 1. The Labute approximate surface area is 199 Å². The molecule has 1 amide bonds. The summed E-state index contributed by atoms with van der Waals surface area (Å²) in [6.07, 6.45) is 1.54. The van der Waals surface area contributed by atoms with E-state index in [1.54, 1.807) is 15.8 Å². The number of carbonyl (C=O) groups is 2. The SMILES string of the molecule is CCN(CC)CCN1C(=O)C(=O)/C(=C(/O)c2cnn(-c3ccccc3)c2C)C1c1ccccc1. The Bertz CT molecular complexity index is 1200. The molecule has 1 N–H and O–H groups in total. The van der Waals surface area contributed by atoms with E-state index < -0.39 is 17.7 Å². The standard InChI is InChI=1S/C27H30N4O3/c1-4-29(5-2)16-17-30-24(20-12-8-6-9-13-20)23(26(33)27(30)34)25(32)22-18-28-31(19(22)3)21-14-10-7-11-15-21/h6-15,18,24,32H,4-5,16-17H2,1-3H3/b25-23+. The van der Waals surface area contributed by atoms with Gasteiger partial charge in [-0.15, -0.1) is 0 Å². The minimum absolute atomic E-state index is 0.103. The molecule has 0 saturated carbocycles. The first-order chi connectivity index (χ1) is 16.5. The largest absolute Gasteiger partial charge is 0.507 e. The summed E-state index contributed by atoms with van der Waals surface area (Å²) in [6, 6.07) is 18.3. The summed E-state index contributed by atoms with van der Waals surface area (Å²) in [7, 11) is 0. The molecule has 176 valence electrons. The molecule has 0 spiro atoms. The fourth-order valence-electron chi connectivity index (χ4n) is 4.50. The lowest BCUT2D eigenvalue weighted by molar-refractivity contribution is -0.140. The summed E-state index contributed by atoms with van der Waals surface area (Å²) in [4.78, 5) is 30.1. The monoisotopic (exact) mass is 458 g/mol. The highest BCUT2D eigenvalue weighted by molar-refractivity contribution is 6.46. The van der Waals surface area contributed by atoms with Crippen molar-refractivity contribution < 1.29 is 14.7 Å². The number of ketones is 1. The molecule has 1 unspecified atom stereocenters. The third-order valence-electron chi connectivity index (χ3n) is 6.47. The molecular formula is C27H30N4O3. The van der Waals surface area contributed by atoms with Crippen molar-refractivity contribution in [3.63, 3.8) is 0 Å². The van der Waals surface area contributed by atoms with Crippen LogP contribution in [-0.4, -0.2) is 62.6 Å². The molecule has 0 aliphatic carbocycles. The highest BCUT2D eigenvalue weighted by atomic mass is 16.3. The van der Waals surface area contributed by atoms with Crippen LogP contribution in [0.15, 0.2) is 72.4 Å². The van der Waals surface area contributed by atoms with Gasteiger partial charge in [0.05, 0.1) is 34.8 Å². The van der Waals surface area contributed by atoms with Crippen molar-refractivity contribution >= 4 is 17.4 Å². The van der Waals surface area contributed by atoms with Crippen LogP contribution in [0.1, 0.15) is 36.7 Å². The number of hydrogen-bond acceptors (Lipinski definition) is 5. The van der Waals surface area contributed by atoms with Crippen LogP contribution in [0, 0.1) is 6.92 Å². The quantitative estimate of drug-likeness (QED) is 0.314. The number of likely N-dealkylation sites (tertiary alicyclic amines) is 1. The maximum Gasteiger partial charge on any atom is 0.295 e. The minimum Gasteiger partial charge on any atom is -0.507 e. The van der Waals surface area contributed by atoms with Crippen LogP contribution >= 0.6 is 0 Å². The Morgan fingerprint density at radius 1 is 1.00 bits per heavy atom. The molecule has 2 aromatic carbocycles. The third kappa shape index (κ3) is 4.26. The number of aromatic nitrogens is 2. The van der Waals surface area contributed by atoms with Crippen LogP contribution < -0.4 is 0 Å². The zero-order chi connectivity index (χ0) is 24.2. The van der Waals surface area contributed by atoms with Gasteiger partial charge in [-0.05, 0) is 37.7 Å². The van der Waals surface area contributed by atoms with Crippen molar-refractivity contribution in [1.29, 1.82) is 0 Å². The van der Waals surface area contributed by atoms with E-state index in [1.807, 2.05) is 67.6 Å². The molecule has 34 heavy (non-hydrogen) atoms. The number of hydrogen-bond donors (Lipinski definition) is 1. The number of amides is 1. The number of aliphatic hydroxyl groups is 1. The van der Waals surface area contributed by atoms with Gasteiger partial charge in [-0.2, -0.15) is 5.10 Å². The van der Waals surface area contributed by atoms with E-state index >= 15 is 0 Å². The van der Waals surface area contributed by atoms with Gasteiger partial charge in [0.25, 0.3) is 11.7 Å². The molecule has 7 heteroatoms. The molecule has 1 aromatic heterocycles. The van der Waals surface area contributed by atoms with Gasteiger partial charge in [-0.25, -0.2) is 4.68 Å². The lowest BCUT2D eigenvalue weighted by Crippen LogP contribution is -2.38. The molecule has 0 bridgehead atoms. The first kappa shape index (κ1) is 23.4. The smallest absolute Gasteiger partial charge is 0.295 e. The van der Waals surface area contributed by atoms with Crippen LogP contribution in [-0.2, 0) is 9.59 Å². The van der Waals surface area contributed by atoms with Gasteiger partial charge >= 0.3 is 0 Å². The van der Waals surface area contributed by atoms with Crippen molar-refractivity contribution in [2.45, 2.75) is 26.8 Å². The second kappa shape index (κ2) is 10.1.